The van der Waals surface area contributed by atoms with Gasteiger partial charge in [0, 0.05) is 19.0 Å². The van der Waals surface area contributed by atoms with Crippen molar-refractivity contribution < 1.29 is 4.79 Å². The number of nitrogens with one attached hydrogen (secondary N) is 2. The van der Waals surface area contributed by atoms with Gasteiger partial charge in [0.25, 0.3) is 0 Å². The van der Waals surface area contributed by atoms with Crippen LogP contribution in [-0.2, 0) is 11.3 Å². The van der Waals surface area contributed by atoms with E-state index in [1.165, 1.54) is 12.7 Å². The van der Waals surface area contributed by atoms with E-state index in [9.17, 15) is 4.79 Å². The van der Waals surface area contributed by atoms with E-state index in [2.05, 4.69) is 20.7 Å². The molecule has 2 N–H and O–H groups in total. The van der Waals surface area contributed by atoms with Crippen LogP contribution in [0.3, 0.4) is 0 Å². The van der Waals surface area contributed by atoms with Gasteiger partial charge in [0.1, 0.15) is 12.7 Å². The van der Waals surface area contributed by atoms with Crippen molar-refractivity contribution in [3.05, 3.63) is 12.7 Å². The summed E-state index contributed by atoms with van der Waals surface area (Å²) >= 11 is 0. The minimum absolute atomic E-state index is 0. The molecule has 2 rings (SSSR count). The average molecular weight is 260 g/mol. The van der Waals surface area contributed by atoms with Crippen molar-refractivity contribution in [3.63, 3.8) is 0 Å². The topological polar surface area (TPSA) is 71.8 Å². The van der Waals surface area contributed by atoms with Gasteiger partial charge in [-0.15, -0.1) is 12.4 Å². The summed E-state index contributed by atoms with van der Waals surface area (Å²) in [5, 5.41) is 10.2. The lowest BCUT2D eigenvalue weighted by atomic mass is 10.2. The largest absolute Gasteiger partial charge is 0.354 e. The first kappa shape index (κ1) is 13.9. The monoisotopic (exact) mass is 259 g/mol. The average Bonchev–Trinajstić information content (AvgIpc) is 2.96. The second-order valence-corrected chi connectivity index (χ2v) is 4.01. The number of carbonyl (C=O) groups is 1. The van der Waals surface area contributed by atoms with Crippen LogP contribution < -0.4 is 10.6 Å². The lowest BCUT2D eigenvalue weighted by molar-refractivity contribution is -0.121. The molecule has 0 aromatic carbocycles. The summed E-state index contributed by atoms with van der Waals surface area (Å²) in [4.78, 5) is 15.3. The van der Waals surface area contributed by atoms with Crippen LogP contribution in [0.5, 0.6) is 0 Å². The van der Waals surface area contributed by atoms with Crippen LogP contribution in [0.15, 0.2) is 12.7 Å². The number of halogens is 1. The smallest absolute Gasteiger partial charge is 0.221 e. The second kappa shape index (κ2) is 7.24. The summed E-state index contributed by atoms with van der Waals surface area (Å²) in [6.07, 6.45) is 5.91. The molecule has 1 amide bonds. The molecule has 0 aliphatic carbocycles. The van der Waals surface area contributed by atoms with Gasteiger partial charge in [-0.05, 0) is 19.4 Å². The Hall–Kier alpha value is -1.14. The quantitative estimate of drug-likeness (QED) is 0.778. The maximum Gasteiger partial charge on any atom is 0.221 e. The molecule has 1 atom stereocenters. The lowest BCUT2D eigenvalue weighted by Gasteiger charge is -2.11. The van der Waals surface area contributed by atoms with Crippen molar-refractivity contribution in [2.75, 3.05) is 13.1 Å². The molecule has 1 aromatic rings. The van der Waals surface area contributed by atoms with Crippen LogP contribution in [0.1, 0.15) is 19.3 Å². The predicted molar refractivity (Wildman–Crippen MR) is 65.9 cm³/mol. The summed E-state index contributed by atoms with van der Waals surface area (Å²) in [7, 11) is 0. The Kier molecular flexibility index (Phi) is 5.93. The van der Waals surface area contributed by atoms with E-state index in [1.807, 2.05) is 0 Å². The Morgan fingerprint density at radius 1 is 1.59 bits per heavy atom. The van der Waals surface area contributed by atoms with Gasteiger partial charge in [0.2, 0.25) is 5.91 Å². The zero-order chi connectivity index (χ0) is 11.2. The molecule has 1 aliphatic rings. The summed E-state index contributed by atoms with van der Waals surface area (Å²) < 4.78 is 1.66. The predicted octanol–water partition coefficient (Wildman–Crippen LogP) is -0.0418. The Morgan fingerprint density at radius 3 is 3.12 bits per heavy atom. The first-order chi connectivity index (χ1) is 7.84. The molecular formula is C10H18ClN5O. The molecule has 1 saturated heterocycles. The maximum absolute atomic E-state index is 11.5. The summed E-state index contributed by atoms with van der Waals surface area (Å²) in [6, 6.07) is 0.454. The van der Waals surface area contributed by atoms with E-state index in [1.54, 1.807) is 11.0 Å². The van der Waals surface area contributed by atoms with Crippen LogP contribution >= 0.6 is 12.4 Å². The summed E-state index contributed by atoms with van der Waals surface area (Å²) in [5.41, 5.74) is 0. The Balaban J connectivity index is 0.00000144. The van der Waals surface area contributed by atoms with Gasteiger partial charge in [0.15, 0.2) is 0 Å². The third kappa shape index (κ3) is 4.70. The number of amides is 1. The highest BCUT2D eigenvalue weighted by atomic mass is 35.5. The number of hydrogen-bond acceptors (Lipinski definition) is 4. The molecule has 1 aliphatic heterocycles. The minimum Gasteiger partial charge on any atom is -0.354 e. The fourth-order valence-electron chi connectivity index (χ4n) is 1.82. The third-order valence-electron chi connectivity index (χ3n) is 2.74. The highest BCUT2D eigenvalue weighted by Gasteiger charge is 2.14. The molecule has 0 saturated carbocycles. The molecular weight excluding hydrogens is 242 g/mol. The summed E-state index contributed by atoms with van der Waals surface area (Å²) in [5.74, 6) is 0.0733. The van der Waals surface area contributed by atoms with Crippen molar-refractivity contribution in [2.24, 2.45) is 0 Å². The number of rotatable bonds is 5. The SMILES string of the molecule is Cl.O=C(CCn1cncn1)NCC1CCCN1. The molecule has 1 unspecified atom stereocenters. The van der Waals surface area contributed by atoms with E-state index >= 15 is 0 Å². The molecule has 0 bridgehead atoms. The van der Waals surface area contributed by atoms with Crippen LogP contribution in [0, 0.1) is 0 Å². The standard InChI is InChI=1S/C10H17N5O.ClH/c16-10(3-5-15-8-11-7-14-15)13-6-9-2-1-4-12-9;/h7-9,12H,1-6H2,(H,13,16);1H. The summed E-state index contributed by atoms with van der Waals surface area (Å²) in [6.45, 7) is 2.39. The zero-order valence-electron chi connectivity index (χ0n) is 9.63. The van der Waals surface area contributed by atoms with Crippen molar-refractivity contribution >= 4 is 18.3 Å². The first-order valence-electron chi connectivity index (χ1n) is 5.67. The molecule has 2 heterocycles. The maximum atomic E-state index is 11.5. The van der Waals surface area contributed by atoms with E-state index in [0.29, 0.717) is 19.0 Å². The highest BCUT2D eigenvalue weighted by molar-refractivity contribution is 5.85. The molecule has 6 nitrogen and oxygen atoms in total. The van der Waals surface area contributed by atoms with E-state index in [0.717, 1.165) is 19.5 Å². The Morgan fingerprint density at radius 2 is 2.47 bits per heavy atom. The first-order valence-corrected chi connectivity index (χ1v) is 5.67. The van der Waals surface area contributed by atoms with E-state index in [-0.39, 0.29) is 18.3 Å². The van der Waals surface area contributed by atoms with Crippen LogP contribution in [0.2, 0.25) is 0 Å². The second-order valence-electron chi connectivity index (χ2n) is 4.01. The van der Waals surface area contributed by atoms with Gasteiger partial charge < -0.3 is 10.6 Å². The van der Waals surface area contributed by atoms with Crippen LogP contribution in [-0.4, -0.2) is 39.8 Å². The number of aromatic nitrogens is 3. The normalized spacial score (nSPS) is 18.7. The van der Waals surface area contributed by atoms with E-state index < -0.39 is 0 Å². The van der Waals surface area contributed by atoms with Gasteiger partial charge in [-0.3, -0.25) is 9.48 Å². The van der Waals surface area contributed by atoms with Gasteiger partial charge in [0.05, 0.1) is 6.54 Å². The molecule has 7 heteroatoms. The molecule has 96 valence electrons. The molecule has 1 aromatic heterocycles. The third-order valence-corrected chi connectivity index (χ3v) is 2.74. The molecule has 0 spiro atoms. The van der Waals surface area contributed by atoms with Crippen molar-refractivity contribution in [1.29, 1.82) is 0 Å². The van der Waals surface area contributed by atoms with Crippen molar-refractivity contribution in [2.45, 2.75) is 31.8 Å². The van der Waals surface area contributed by atoms with Gasteiger partial charge in [-0.2, -0.15) is 5.10 Å². The lowest BCUT2D eigenvalue weighted by Crippen LogP contribution is -2.37. The Bertz CT molecular complexity index is 323. The molecule has 0 radical (unpaired) electrons. The van der Waals surface area contributed by atoms with Crippen LogP contribution in [0.25, 0.3) is 0 Å². The number of aryl methyl sites for hydroxylation is 1. The van der Waals surface area contributed by atoms with Crippen LogP contribution in [0.4, 0.5) is 0 Å². The fourth-order valence-corrected chi connectivity index (χ4v) is 1.82. The highest BCUT2D eigenvalue weighted by Crippen LogP contribution is 2.03. The van der Waals surface area contributed by atoms with Crippen molar-refractivity contribution in [3.8, 4) is 0 Å². The van der Waals surface area contributed by atoms with Gasteiger partial charge in [-0.25, -0.2) is 4.98 Å². The van der Waals surface area contributed by atoms with Gasteiger partial charge >= 0.3 is 0 Å². The number of hydrogen-bond donors (Lipinski definition) is 2. The number of carbonyl (C=O) groups excluding carboxylic acids is 1. The zero-order valence-corrected chi connectivity index (χ0v) is 10.4. The molecule has 17 heavy (non-hydrogen) atoms. The minimum atomic E-state index is 0. The molecule has 1 fully saturated rings. The Labute approximate surface area is 107 Å². The number of nitrogens with zero attached hydrogens (tertiary/aromatic N) is 3. The van der Waals surface area contributed by atoms with Crippen molar-refractivity contribution in [1.82, 2.24) is 25.4 Å². The van der Waals surface area contributed by atoms with E-state index in [4.69, 9.17) is 0 Å². The van der Waals surface area contributed by atoms with Gasteiger partial charge in [-0.1, -0.05) is 0 Å². The fraction of sp³-hybridized carbons (Fsp3) is 0.700.